The Balaban J connectivity index is 1.56. The number of nitrogens with zero attached hydrogens (tertiary/aromatic N) is 2. The highest BCUT2D eigenvalue weighted by molar-refractivity contribution is 6.04. The zero-order chi connectivity index (χ0) is 20.1. The lowest BCUT2D eigenvalue weighted by Gasteiger charge is -2.38. The van der Waals surface area contributed by atoms with Gasteiger partial charge in [0.25, 0.3) is 11.8 Å². The second-order valence-electron chi connectivity index (χ2n) is 7.07. The number of carbonyl (C=O) groups is 2. The van der Waals surface area contributed by atoms with Gasteiger partial charge in [0, 0.05) is 23.8 Å². The van der Waals surface area contributed by atoms with Crippen LogP contribution in [0.25, 0.3) is 0 Å². The summed E-state index contributed by atoms with van der Waals surface area (Å²) >= 11 is 0. The smallest absolute Gasteiger partial charge is 0.260 e. The van der Waals surface area contributed by atoms with Crippen LogP contribution in [0.4, 0.5) is 5.82 Å². The molecule has 1 aromatic heterocycles. The number of anilines is 1. The monoisotopic (exact) mass is 383 g/mol. The Kier molecular flexibility index (Phi) is 6.13. The predicted molar refractivity (Wildman–Crippen MR) is 105 cm³/mol. The van der Waals surface area contributed by atoms with E-state index >= 15 is 0 Å². The van der Waals surface area contributed by atoms with Gasteiger partial charge in [-0.2, -0.15) is 0 Å². The molecule has 0 saturated carbocycles. The van der Waals surface area contributed by atoms with Gasteiger partial charge in [0.05, 0.1) is 0 Å². The fraction of sp³-hybridized carbons (Fsp3) is 0.381. The van der Waals surface area contributed by atoms with Crippen LogP contribution >= 0.6 is 0 Å². The Morgan fingerprint density at radius 3 is 2.50 bits per heavy atom. The van der Waals surface area contributed by atoms with Gasteiger partial charge in [0.1, 0.15) is 5.75 Å². The number of hydrogen-bond acceptors (Lipinski definition) is 5. The minimum atomic E-state index is -0.396. The fourth-order valence-electron chi connectivity index (χ4n) is 3.51. The van der Waals surface area contributed by atoms with Crippen LogP contribution in [-0.2, 0) is 4.79 Å². The highest BCUT2D eigenvalue weighted by Crippen LogP contribution is 2.23. The molecule has 28 heavy (non-hydrogen) atoms. The average molecular weight is 383 g/mol. The molecule has 7 nitrogen and oxygen atoms in total. The van der Waals surface area contributed by atoms with Gasteiger partial charge in [-0.1, -0.05) is 0 Å². The Labute approximate surface area is 164 Å². The van der Waals surface area contributed by atoms with Crippen LogP contribution in [-0.4, -0.2) is 45.5 Å². The number of aromatic hydroxyl groups is 1. The van der Waals surface area contributed by atoms with E-state index in [-0.39, 0.29) is 36.2 Å². The summed E-state index contributed by atoms with van der Waals surface area (Å²) in [6.07, 6.45) is 4.66. The summed E-state index contributed by atoms with van der Waals surface area (Å²) in [5.74, 6) is 0.0984. The first-order chi connectivity index (χ1) is 13.5. The van der Waals surface area contributed by atoms with Gasteiger partial charge in [0.15, 0.2) is 18.2 Å². The first-order valence-electron chi connectivity index (χ1n) is 9.45. The number of nitrogens with one attached hydrogen (secondary N) is 1. The van der Waals surface area contributed by atoms with E-state index in [1.54, 1.807) is 30.3 Å². The largest absolute Gasteiger partial charge is 0.504 e. The highest BCUT2D eigenvalue weighted by Gasteiger charge is 2.28. The molecule has 1 fully saturated rings. The summed E-state index contributed by atoms with van der Waals surface area (Å²) < 4.78 is 5.61. The van der Waals surface area contributed by atoms with Crippen molar-refractivity contribution in [3.05, 3.63) is 48.2 Å². The number of benzene rings is 1. The zero-order valence-corrected chi connectivity index (χ0v) is 16.1. The molecule has 2 atom stereocenters. The fourth-order valence-corrected chi connectivity index (χ4v) is 3.51. The third kappa shape index (κ3) is 4.60. The highest BCUT2D eigenvalue weighted by atomic mass is 16.5. The Hall–Kier alpha value is -3.09. The molecular formula is C21H25N3O4. The summed E-state index contributed by atoms with van der Waals surface area (Å²) in [5.41, 5.74) is 0.391. The van der Waals surface area contributed by atoms with Crippen LogP contribution in [0.15, 0.2) is 42.6 Å². The second-order valence-corrected chi connectivity index (χ2v) is 7.07. The normalized spacial score (nSPS) is 19.1. The van der Waals surface area contributed by atoms with Crippen LogP contribution in [0.3, 0.4) is 0 Å². The summed E-state index contributed by atoms with van der Waals surface area (Å²) in [6, 6.07) is 9.96. The second kappa shape index (κ2) is 8.73. The van der Waals surface area contributed by atoms with Gasteiger partial charge in [-0.3, -0.25) is 9.59 Å². The number of rotatable bonds is 5. The van der Waals surface area contributed by atoms with Crippen LogP contribution < -0.4 is 10.1 Å². The molecule has 3 rings (SSSR count). The molecule has 148 valence electrons. The van der Waals surface area contributed by atoms with E-state index in [0.717, 1.165) is 19.3 Å². The summed E-state index contributed by atoms with van der Waals surface area (Å²) in [7, 11) is 0. The molecule has 2 heterocycles. The maximum absolute atomic E-state index is 12.5. The molecule has 2 aromatic rings. The Morgan fingerprint density at radius 2 is 1.86 bits per heavy atom. The summed E-state index contributed by atoms with van der Waals surface area (Å²) in [6.45, 7) is 4.11. The number of piperidine rings is 1. The van der Waals surface area contributed by atoms with Crippen molar-refractivity contribution >= 4 is 17.6 Å². The van der Waals surface area contributed by atoms with E-state index < -0.39 is 5.91 Å². The molecule has 1 aliphatic heterocycles. The molecule has 7 heteroatoms. The maximum Gasteiger partial charge on any atom is 0.260 e. The molecule has 1 saturated heterocycles. The molecule has 0 spiro atoms. The van der Waals surface area contributed by atoms with Crippen molar-refractivity contribution in [1.29, 1.82) is 0 Å². The summed E-state index contributed by atoms with van der Waals surface area (Å²) in [4.78, 5) is 30.6. The molecular weight excluding hydrogens is 358 g/mol. The van der Waals surface area contributed by atoms with Gasteiger partial charge < -0.3 is 20.1 Å². The van der Waals surface area contributed by atoms with Gasteiger partial charge in [-0.25, -0.2) is 4.98 Å². The van der Waals surface area contributed by atoms with Gasteiger partial charge in [-0.15, -0.1) is 0 Å². The van der Waals surface area contributed by atoms with Gasteiger partial charge in [-0.05, 0) is 69.5 Å². The first kappa shape index (κ1) is 19.7. The number of pyridine rings is 1. The minimum absolute atomic E-state index is 0.0212. The number of likely N-dealkylation sites (tertiary alicyclic amines) is 1. The SMILES string of the molecule is C[C@H]1CCC[C@H](C)N1C(=O)COc1ccc(C(=O)Nc2ncccc2O)cc1. The lowest BCUT2D eigenvalue weighted by atomic mass is 9.97. The van der Waals surface area contributed by atoms with Crippen LogP contribution in [0.2, 0.25) is 0 Å². The van der Waals surface area contributed by atoms with Crippen LogP contribution in [0.1, 0.15) is 43.5 Å². The summed E-state index contributed by atoms with van der Waals surface area (Å²) in [5, 5.41) is 12.2. The maximum atomic E-state index is 12.5. The quantitative estimate of drug-likeness (QED) is 0.827. The topological polar surface area (TPSA) is 91.8 Å². The van der Waals surface area contributed by atoms with Crippen molar-refractivity contribution in [3.8, 4) is 11.5 Å². The standard InChI is InChI=1S/C21H25N3O4/c1-14-5-3-6-15(2)24(14)19(26)13-28-17-10-8-16(9-11-17)21(27)23-20-18(25)7-4-12-22-20/h4,7-12,14-15,25H,3,5-6,13H2,1-2H3,(H,22,23,27)/t14-,15-/m0/s1. The van der Waals surface area contributed by atoms with Crippen molar-refractivity contribution in [1.82, 2.24) is 9.88 Å². The molecule has 0 unspecified atom stereocenters. The van der Waals surface area contributed by atoms with Crippen LogP contribution in [0, 0.1) is 0 Å². The average Bonchev–Trinajstić information content (AvgIpc) is 2.68. The number of amides is 2. The molecule has 1 aliphatic rings. The molecule has 2 N–H and O–H groups in total. The van der Waals surface area contributed by atoms with E-state index in [4.69, 9.17) is 4.74 Å². The molecule has 2 amide bonds. The number of aromatic nitrogens is 1. The molecule has 1 aromatic carbocycles. The molecule has 0 aliphatic carbocycles. The van der Waals surface area contributed by atoms with E-state index in [1.165, 1.54) is 12.3 Å². The van der Waals surface area contributed by atoms with Crippen molar-refractivity contribution in [2.45, 2.75) is 45.2 Å². The number of ether oxygens (including phenoxy) is 1. The number of hydrogen-bond donors (Lipinski definition) is 2. The van der Waals surface area contributed by atoms with E-state index in [1.807, 2.05) is 4.90 Å². The van der Waals surface area contributed by atoms with Crippen molar-refractivity contribution in [3.63, 3.8) is 0 Å². The molecule has 0 bridgehead atoms. The van der Waals surface area contributed by atoms with Gasteiger partial charge >= 0.3 is 0 Å². The third-order valence-corrected chi connectivity index (χ3v) is 4.98. The number of carbonyl (C=O) groups excluding carboxylic acids is 2. The first-order valence-corrected chi connectivity index (χ1v) is 9.45. The van der Waals surface area contributed by atoms with E-state index in [0.29, 0.717) is 11.3 Å². The minimum Gasteiger partial charge on any atom is -0.504 e. The lowest BCUT2D eigenvalue weighted by Crippen LogP contribution is -2.49. The van der Waals surface area contributed by atoms with Crippen molar-refractivity contribution in [2.75, 3.05) is 11.9 Å². The van der Waals surface area contributed by atoms with Crippen molar-refractivity contribution in [2.24, 2.45) is 0 Å². The Bertz CT molecular complexity index is 828. The molecule has 0 radical (unpaired) electrons. The van der Waals surface area contributed by atoms with E-state index in [2.05, 4.69) is 24.1 Å². The van der Waals surface area contributed by atoms with Gasteiger partial charge in [0.2, 0.25) is 0 Å². The predicted octanol–water partition coefficient (Wildman–Crippen LogP) is 3.21. The zero-order valence-electron chi connectivity index (χ0n) is 16.1. The third-order valence-electron chi connectivity index (χ3n) is 4.98. The Morgan fingerprint density at radius 1 is 1.18 bits per heavy atom. The van der Waals surface area contributed by atoms with E-state index in [9.17, 15) is 14.7 Å². The van der Waals surface area contributed by atoms with Crippen LogP contribution in [0.5, 0.6) is 11.5 Å². The lowest BCUT2D eigenvalue weighted by molar-refractivity contribution is -0.139. The van der Waals surface area contributed by atoms with Crippen molar-refractivity contribution < 1.29 is 19.4 Å².